The van der Waals surface area contributed by atoms with Crippen molar-refractivity contribution in [1.82, 2.24) is 0 Å². The fraction of sp³-hybridized carbons (Fsp3) is 0.600. The zero-order valence-corrected chi connectivity index (χ0v) is 11.9. The molecular formula is C15H22ClNO. The average Bonchev–Trinajstić information content (AvgIpc) is 2.38. The van der Waals surface area contributed by atoms with E-state index in [1.54, 1.807) is 0 Å². The van der Waals surface area contributed by atoms with Crippen LogP contribution in [0.2, 0.25) is 5.02 Å². The zero-order chi connectivity index (χ0) is 13.2. The number of hydrogen-bond acceptors (Lipinski definition) is 2. The molecule has 1 saturated carbocycles. The van der Waals surface area contributed by atoms with Gasteiger partial charge in [0.15, 0.2) is 0 Å². The molecule has 0 aliphatic heterocycles. The Labute approximate surface area is 114 Å². The highest BCUT2D eigenvalue weighted by atomic mass is 35.5. The topological polar surface area (TPSA) is 35.2 Å². The second-order valence-corrected chi connectivity index (χ2v) is 5.65. The molecule has 1 aliphatic rings. The van der Waals surface area contributed by atoms with Crippen molar-refractivity contribution in [3.05, 3.63) is 34.9 Å². The first-order valence-corrected chi connectivity index (χ1v) is 7.11. The van der Waals surface area contributed by atoms with Gasteiger partial charge < -0.3 is 10.5 Å². The Balaban J connectivity index is 1.93. The first-order valence-electron chi connectivity index (χ1n) is 6.74. The Morgan fingerprint density at radius 1 is 1.28 bits per heavy atom. The summed E-state index contributed by atoms with van der Waals surface area (Å²) >= 11 is 5.86. The van der Waals surface area contributed by atoms with Crippen LogP contribution in [-0.4, -0.2) is 12.1 Å². The Morgan fingerprint density at radius 3 is 2.39 bits per heavy atom. The van der Waals surface area contributed by atoms with Gasteiger partial charge in [-0.3, -0.25) is 0 Å². The van der Waals surface area contributed by atoms with Gasteiger partial charge in [-0.15, -0.1) is 0 Å². The van der Waals surface area contributed by atoms with Crippen LogP contribution in [-0.2, 0) is 11.3 Å². The Kier molecular flexibility index (Phi) is 4.31. The molecule has 0 aromatic heterocycles. The highest BCUT2D eigenvalue weighted by Gasteiger charge is 2.51. The molecular weight excluding hydrogens is 246 g/mol. The third-order valence-corrected chi connectivity index (χ3v) is 4.78. The van der Waals surface area contributed by atoms with Gasteiger partial charge >= 0.3 is 0 Å². The average molecular weight is 268 g/mol. The van der Waals surface area contributed by atoms with E-state index in [2.05, 4.69) is 13.8 Å². The van der Waals surface area contributed by atoms with E-state index in [1.807, 2.05) is 24.3 Å². The summed E-state index contributed by atoms with van der Waals surface area (Å²) in [7, 11) is 0. The minimum absolute atomic E-state index is 0.187. The van der Waals surface area contributed by atoms with E-state index < -0.39 is 0 Å². The molecule has 18 heavy (non-hydrogen) atoms. The largest absolute Gasteiger partial charge is 0.373 e. The van der Waals surface area contributed by atoms with Crippen molar-refractivity contribution >= 4 is 11.6 Å². The highest BCUT2D eigenvalue weighted by Crippen LogP contribution is 2.47. The van der Waals surface area contributed by atoms with Gasteiger partial charge in [0.05, 0.1) is 12.7 Å². The molecule has 0 saturated heterocycles. The Morgan fingerprint density at radius 2 is 1.89 bits per heavy atom. The summed E-state index contributed by atoms with van der Waals surface area (Å²) in [5.74, 6) is 0. The molecule has 1 aromatic carbocycles. The summed E-state index contributed by atoms with van der Waals surface area (Å²) in [4.78, 5) is 0. The number of benzene rings is 1. The Hall–Kier alpha value is -0.570. The number of halogens is 1. The Bertz CT molecular complexity index is 386. The van der Waals surface area contributed by atoms with Crippen LogP contribution in [0.5, 0.6) is 0 Å². The van der Waals surface area contributed by atoms with E-state index in [0.29, 0.717) is 18.8 Å². The molecule has 1 aromatic rings. The quantitative estimate of drug-likeness (QED) is 0.882. The molecule has 1 aliphatic carbocycles. The summed E-state index contributed by atoms with van der Waals surface area (Å²) in [6, 6.07) is 8.13. The first-order chi connectivity index (χ1) is 8.62. The predicted octanol–water partition coefficient (Wildman–Crippen LogP) is 3.76. The molecule has 2 unspecified atom stereocenters. The van der Waals surface area contributed by atoms with E-state index in [9.17, 15) is 0 Å². The van der Waals surface area contributed by atoms with Crippen molar-refractivity contribution in [3.8, 4) is 0 Å². The number of rotatable bonds is 5. The third-order valence-electron chi connectivity index (χ3n) is 4.53. The minimum atomic E-state index is 0.187. The lowest BCUT2D eigenvalue weighted by molar-refractivity contribution is -0.137. The van der Waals surface area contributed by atoms with E-state index in [4.69, 9.17) is 22.1 Å². The summed E-state index contributed by atoms with van der Waals surface area (Å²) in [5, 5.41) is 0.765. The van der Waals surface area contributed by atoms with Crippen molar-refractivity contribution in [2.24, 2.45) is 11.1 Å². The molecule has 2 rings (SSSR count). The minimum Gasteiger partial charge on any atom is -0.373 e. The van der Waals surface area contributed by atoms with Crippen LogP contribution >= 0.6 is 11.6 Å². The van der Waals surface area contributed by atoms with Crippen molar-refractivity contribution in [3.63, 3.8) is 0 Å². The van der Waals surface area contributed by atoms with Crippen molar-refractivity contribution < 1.29 is 4.74 Å². The normalized spacial score (nSPS) is 25.8. The van der Waals surface area contributed by atoms with Gasteiger partial charge in [0.1, 0.15) is 0 Å². The lowest BCUT2D eigenvalue weighted by Gasteiger charge is -2.53. The van der Waals surface area contributed by atoms with Crippen LogP contribution in [0.1, 0.15) is 38.7 Å². The molecule has 1 fully saturated rings. The summed E-state index contributed by atoms with van der Waals surface area (Å²) < 4.78 is 6.05. The van der Waals surface area contributed by atoms with Crippen molar-refractivity contribution in [2.75, 3.05) is 0 Å². The fourth-order valence-corrected chi connectivity index (χ4v) is 3.15. The maximum Gasteiger partial charge on any atom is 0.0720 e. The molecule has 0 radical (unpaired) electrons. The predicted molar refractivity (Wildman–Crippen MR) is 75.6 cm³/mol. The number of nitrogens with two attached hydrogens (primary N) is 1. The van der Waals surface area contributed by atoms with Gasteiger partial charge in [0.25, 0.3) is 0 Å². The first kappa shape index (κ1) is 13.9. The van der Waals surface area contributed by atoms with Crippen LogP contribution in [0.15, 0.2) is 24.3 Å². The second-order valence-electron chi connectivity index (χ2n) is 5.21. The van der Waals surface area contributed by atoms with Gasteiger partial charge in [-0.25, -0.2) is 0 Å². The summed E-state index contributed by atoms with van der Waals surface area (Å²) in [6.07, 6.45) is 3.47. The SMILES string of the molecule is CCC1(CC)C(N)CC1OCc1ccc(Cl)cc1. The molecule has 0 spiro atoms. The van der Waals surface area contributed by atoms with Crippen LogP contribution < -0.4 is 5.73 Å². The highest BCUT2D eigenvalue weighted by molar-refractivity contribution is 6.30. The lowest BCUT2D eigenvalue weighted by Crippen LogP contribution is -2.61. The van der Waals surface area contributed by atoms with Crippen molar-refractivity contribution in [2.45, 2.75) is 51.9 Å². The van der Waals surface area contributed by atoms with E-state index in [0.717, 1.165) is 24.3 Å². The fourth-order valence-electron chi connectivity index (χ4n) is 3.02. The second kappa shape index (κ2) is 5.60. The van der Waals surface area contributed by atoms with Crippen LogP contribution in [0.4, 0.5) is 0 Å². The maximum atomic E-state index is 6.16. The smallest absolute Gasteiger partial charge is 0.0720 e. The molecule has 2 N–H and O–H groups in total. The summed E-state index contributed by atoms with van der Waals surface area (Å²) in [6.45, 7) is 5.07. The van der Waals surface area contributed by atoms with Crippen LogP contribution in [0, 0.1) is 5.41 Å². The van der Waals surface area contributed by atoms with Gasteiger partial charge in [-0.1, -0.05) is 37.6 Å². The van der Waals surface area contributed by atoms with E-state index >= 15 is 0 Å². The monoisotopic (exact) mass is 267 g/mol. The van der Waals surface area contributed by atoms with Crippen LogP contribution in [0.3, 0.4) is 0 Å². The molecule has 3 heteroatoms. The van der Waals surface area contributed by atoms with Gasteiger partial charge in [-0.05, 0) is 37.0 Å². The summed E-state index contributed by atoms with van der Waals surface area (Å²) in [5.41, 5.74) is 7.52. The lowest BCUT2D eigenvalue weighted by atomic mass is 9.59. The number of hydrogen-bond donors (Lipinski definition) is 1. The van der Waals surface area contributed by atoms with Gasteiger partial charge in [0, 0.05) is 16.5 Å². The molecule has 0 bridgehead atoms. The van der Waals surface area contributed by atoms with E-state index in [1.165, 1.54) is 5.56 Å². The molecule has 2 nitrogen and oxygen atoms in total. The number of ether oxygens (including phenoxy) is 1. The van der Waals surface area contributed by atoms with Gasteiger partial charge in [-0.2, -0.15) is 0 Å². The maximum absolute atomic E-state index is 6.16. The molecule has 0 amide bonds. The third kappa shape index (κ3) is 2.42. The zero-order valence-electron chi connectivity index (χ0n) is 11.2. The van der Waals surface area contributed by atoms with E-state index in [-0.39, 0.29) is 5.41 Å². The molecule has 0 heterocycles. The molecule has 100 valence electrons. The standard InChI is InChI=1S/C15H22ClNO/c1-3-15(4-2)13(17)9-14(15)18-10-11-5-7-12(16)8-6-11/h5-8,13-14H,3-4,9-10,17H2,1-2H3. The molecule has 2 atom stereocenters. The van der Waals surface area contributed by atoms with Gasteiger partial charge in [0.2, 0.25) is 0 Å². The van der Waals surface area contributed by atoms with Crippen LogP contribution in [0.25, 0.3) is 0 Å². The van der Waals surface area contributed by atoms with Crippen molar-refractivity contribution in [1.29, 1.82) is 0 Å².